The lowest BCUT2D eigenvalue weighted by Gasteiger charge is -2.36. The minimum atomic E-state index is -0.709. The summed E-state index contributed by atoms with van der Waals surface area (Å²) < 4.78 is 5.49. The van der Waals surface area contributed by atoms with Crippen LogP contribution >= 0.6 is 0 Å². The van der Waals surface area contributed by atoms with Crippen molar-refractivity contribution in [2.24, 2.45) is 5.92 Å². The maximum absolute atomic E-state index is 12.7. The molecule has 6 nitrogen and oxygen atoms in total. The predicted octanol–water partition coefficient (Wildman–Crippen LogP) is 2.19. The van der Waals surface area contributed by atoms with Gasteiger partial charge in [-0.25, -0.2) is 4.79 Å². The average Bonchev–Trinajstić information content (AvgIpc) is 3.05. The number of amides is 2. The first-order valence-electron chi connectivity index (χ1n) is 9.10. The second-order valence-corrected chi connectivity index (χ2v) is 9.00. The molecule has 0 radical (unpaired) electrons. The van der Waals surface area contributed by atoms with Crippen LogP contribution in [0.1, 0.15) is 66.2 Å². The number of nitrogens with zero attached hydrogens (tertiary/aromatic N) is 1. The molecule has 5 atom stereocenters. The molecule has 2 unspecified atom stereocenters. The van der Waals surface area contributed by atoms with Crippen LogP contribution in [-0.2, 0) is 9.53 Å². The fraction of sp³-hybridized carbons (Fsp3) is 0.889. The molecule has 3 aliphatic rings. The molecule has 2 aliphatic carbocycles. The smallest absolute Gasteiger partial charge is 0.411 e. The molecule has 0 aromatic rings. The molecular formula is C18H30N2O4. The van der Waals surface area contributed by atoms with Crippen molar-refractivity contribution in [1.29, 1.82) is 0 Å². The molecule has 136 valence electrons. The highest BCUT2D eigenvalue weighted by Gasteiger charge is 2.57. The van der Waals surface area contributed by atoms with Gasteiger partial charge in [-0.3, -0.25) is 9.69 Å². The van der Waals surface area contributed by atoms with Crippen LogP contribution in [0, 0.1) is 5.92 Å². The van der Waals surface area contributed by atoms with Gasteiger partial charge in [0.2, 0.25) is 5.91 Å². The van der Waals surface area contributed by atoms with E-state index in [0.29, 0.717) is 12.3 Å². The first-order valence-corrected chi connectivity index (χ1v) is 9.10. The van der Waals surface area contributed by atoms with E-state index in [4.69, 9.17) is 4.74 Å². The average molecular weight is 338 g/mol. The molecule has 1 saturated heterocycles. The number of rotatable bonds is 2. The second kappa shape index (κ2) is 5.90. The number of carbonyl (C=O) groups is 2. The van der Waals surface area contributed by atoms with E-state index in [1.165, 1.54) is 0 Å². The standard InChI is InChI=1S/C18H30N2O4/c1-17(2,3)24-16(22)20-13-8-11(13)9-14(20)15(21)19-12-6-5-7-18(4,23)10-12/h11-14,23H,5-10H2,1-4H3,(H,19,21)/t11-,12+,13?,14?,18-/m0/s1. The number of aliphatic hydroxyl groups is 1. The van der Waals surface area contributed by atoms with Crippen molar-refractivity contribution in [3.05, 3.63) is 0 Å². The number of nitrogens with one attached hydrogen (secondary N) is 1. The van der Waals surface area contributed by atoms with Gasteiger partial charge < -0.3 is 15.2 Å². The first kappa shape index (κ1) is 17.5. The fourth-order valence-electron chi connectivity index (χ4n) is 4.15. The zero-order chi connectivity index (χ0) is 17.7. The Bertz CT molecular complexity index is 526. The van der Waals surface area contributed by atoms with E-state index in [9.17, 15) is 14.7 Å². The third-order valence-electron chi connectivity index (χ3n) is 5.31. The van der Waals surface area contributed by atoms with Crippen molar-refractivity contribution < 1.29 is 19.4 Å². The first-order chi connectivity index (χ1) is 11.1. The van der Waals surface area contributed by atoms with Crippen molar-refractivity contribution >= 4 is 12.0 Å². The molecular weight excluding hydrogens is 308 g/mol. The van der Waals surface area contributed by atoms with Gasteiger partial charge in [0.15, 0.2) is 0 Å². The van der Waals surface area contributed by atoms with Crippen LogP contribution in [0.3, 0.4) is 0 Å². The summed E-state index contributed by atoms with van der Waals surface area (Å²) in [5, 5.41) is 13.3. The van der Waals surface area contributed by atoms with E-state index in [1.807, 2.05) is 27.7 Å². The van der Waals surface area contributed by atoms with Crippen LogP contribution in [0.4, 0.5) is 4.79 Å². The van der Waals surface area contributed by atoms with Crippen molar-refractivity contribution in [2.45, 2.75) is 95.5 Å². The van der Waals surface area contributed by atoms with Crippen LogP contribution in [-0.4, -0.2) is 51.3 Å². The summed E-state index contributed by atoms with van der Waals surface area (Å²) >= 11 is 0. The van der Waals surface area contributed by atoms with Gasteiger partial charge in [-0.2, -0.15) is 0 Å². The summed E-state index contributed by atoms with van der Waals surface area (Å²) in [6.07, 6.45) is 4.45. The van der Waals surface area contributed by atoms with E-state index >= 15 is 0 Å². The maximum Gasteiger partial charge on any atom is 0.411 e. The predicted molar refractivity (Wildman–Crippen MR) is 89.4 cm³/mol. The van der Waals surface area contributed by atoms with Gasteiger partial charge in [0.1, 0.15) is 11.6 Å². The number of hydrogen-bond acceptors (Lipinski definition) is 4. The maximum atomic E-state index is 12.7. The number of ether oxygens (including phenoxy) is 1. The summed E-state index contributed by atoms with van der Waals surface area (Å²) in [5.41, 5.74) is -1.27. The van der Waals surface area contributed by atoms with Crippen LogP contribution in [0.5, 0.6) is 0 Å². The molecule has 0 spiro atoms. The molecule has 0 bridgehead atoms. The molecule has 24 heavy (non-hydrogen) atoms. The van der Waals surface area contributed by atoms with Gasteiger partial charge in [0.25, 0.3) is 0 Å². The van der Waals surface area contributed by atoms with Crippen LogP contribution in [0.25, 0.3) is 0 Å². The normalized spacial score (nSPS) is 38.5. The Kier molecular flexibility index (Phi) is 4.31. The summed E-state index contributed by atoms with van der Waals surface area (Å²) in [6, 6.07) is -0.292. The van der Waals surface area contributed by atoms with Crippen LogP contribution < -0.4 is 5.32 Å². The molecule has 1 heterocycles. The Morgan fingerprint density at radius 2 is 2.00 bits per heavy atom. The van der Waals surface area contributed by atoms with Gasteiger partial charge >= 0.3 is 6.09 Å². The molecule has 3 fully saturated rings. The highest BCUT2D eigenvalue weighted by molar-refractivity contribution is 5.87. The number of fused-ring (bicyclic) bond motifs is 1. The summed E-state index contributed by atoms with van der Waals surface area (Å²) in [6.45, 7) is 7.34. The SMILES string of the molecule is CC(C)(C)OC(=O)N1C(C(=O)N[C@@H]2CCC[C@](C)(O)C2)C[C@@H]2CC21. The minimum absolute atomic E-state index is 0.0151. The largest absolute Gasteiger partial charge is 0.444 e. The lowest BCUT2D eigenvalue weighted by molar-refractivity contribution is -0.127. The summed E-state index contributed by atoms with van der Waals surface area (Å²) in [5.74, 6) is 0.332. The van der Waals surface area contributed by atoms with Gasteiger partial charge in [0.05, 0.1) is 5.60 Å². The number of hydrogen-bond donors (Lipinski definition) is 2. The molecule has 2 N–H and O–H groups in total. The fourth-order valence-corrected chi connectivity index (χ4v) is 4.15. The van der Waals surface area contributed by atoms with Gasteiger partial charge in [-0.1, -0.05) is 0 Å². The van der Waals surface area contributed by atoms with Crippen molar-refractivity contribution in [3.8, 4) is 0 Å². The lowest BCUT2D eigenvalue weighted by Crippen LogP contribution is -2.53. The second-order valence-electron chi connectivity index (χ2n) is 9.00. The zero-order valence-electron chi connectivity index (χ0n) is 15.2. The van der Waals surface area contributed by atoms with Crippen molar-refractivity contribution in [2.75, 3.05) is 0 Å². The highest BCUT2D eigenvalue weighted by atomic mass is 16.6. The van der Waals surface area contributed by atoms with Gasteiger partial charge in [-0.15, -0.1) is 0 Å². The van der Waals surface area contributed by atoms with E-state index in [1.54, 1.807) is 4.90 Å². The monoisotopic (exact) mass is 338 g/mol. The molecule has 3 rings (SSSR count). The summed E-state index contributed by atoms with van der Waals surface area (Å²) in [7, 11) is 0. The Morgan fingerprint density at radius 1 is 1.29 bits per heavy atom. The third-order valence-corrected chi connectivity index (χ3v) is 5.31. The molecule has 1 aliphatic heterocycles. The number of carbonyl (C=O) groups excluding carboxylic acids is 2. The van der Waals surface area contributed by atoms with Crippen molar-refractivity contribution in [1.82, 2.24) is 10.2 Å². The quantitative estimate of drug-likeness (QED) is 0.809. The lowest BCUT2D eigenvalue weighted by atomic mass is 9.83. The van der Waals surface area contributed by atoms with Crippen LogP contribution in [0.15, 0.2) is 0 Å². The van der Waals surface area contributed by atoms with Crippen LogP contribution in [0.2, 0.25) is 0 Å². The zero-order valence-corrected chi connectivity index (χ0v) is 15.2. The van der Waals surface area contributed by atoms with Gasteiger partial charge in [0, 0.05) is 12.1 Å². The minimum Gasteiger partial charge on any atom is -0.444 e. The van der Waals surface area contributed by atoms with Gasteiger partial charge in [-0.05, 0) is 72.1 Å². The molecule has 2 amide bonds. The Balaban J connectivity index is 1.62. The molecule has 0 aromatic heterocycles. The topological polar surface area (TPSA) is 78.9 Å². The Labute approximate surface area is 143 Å². The number of piperidine rings is 1. The molecule has 0 aromatic carbocycles. The molecule has 6 heteroatoms. The van der Waals surface area contributed by atoms with E-state index in [-0.39, 0.29) is 24.1 Å². The summed E-state index contributed by atoms with van der Waals surface area (Å²) in [4.78, 5) is 26.9. The Hall–Kier alpha value is -1.30. The molecule has 2 saturated carbocycles. The third kappa shape index (κ3) is 3.85. The number of likely N-dealkylation sites (tertiary alicyclic amines) is 1. The van der Waals surface area contributed by atoms with E-state index < -0.39 is 17.2 Å². The Morgan fingerprint density at radius 3 is 2.62 bits per heavy atom. The van der Waals surface area contributed by atoms with E-state index in [2.05, 4.69) is 5.32 Å². The van der Waals surface area contributed by atoms with E-state index in [0.717, 1.165) is 32.1 Å². The highest BCUT2D eigenvalue weighted by Crippen LogP contribution is 2.48. The van der Waals surface area contributed by atoms with Crippen molar-refractivity contribution in [3.63, 3.8) is 0 Å².